The van der Waals surface area contributed by atoms with Gasteiger partial charge in [-0.25, -0.2) is 0 Å². The molecule has 15 heavy (non-hydrogen) atoms. The first-order valence-electron chi connectivity index (χ1n) is 4.65. The maximum absolute atomic E-state index is 12.1. The first kappa shape index (κ1) is 11.8. The molecule has 1 nitrogen and oxygen atoms in total. The summed E-state index contributed by atoms with van der Waals surface area (Å²) in [6.45, 7) is 1.93. The van der Waals surface area contributed by atoms with Crippen LogP contribution in [0.1, 0.15) is 29.3 Å². The van der Waals surface area contributed by atoms with Crippen molar-refractivity contribution < 1.29 is 18.0 Å². The van der Waals surface area contributed by atoms with Crippen LogP contribution < -0.4 is 0 Å². The van der Waals surface area contributed by atoms with Crippen molar-refractivity contribution in [2.45, 2.75) is 25.9 Å². The summed E-state index contributed by atoms with van der Waals surface area (Å²) in [4.78, 5) is 10.9. The van der Waals surface area contributed by atoms with E-state index in [0.717, 1.165) is 12.0 Å². The number of benzene rings is 1. The van der Waals surface area contributed by atoms with Gasteiger partial charge in [0.25, 0.3) is 5.78 Å². The smallest absolute Gasteiger partial charge is 0.284 e. The van der Waals surface area contributed by atoms with Crippen molar-refractivity contribution in [3.05, 3.63) is 35.4 Å². The second-order valence-corrected chi connectivity index (χ2v) is 3.28. The standard InChI is InChI=1S/C11H11F3O/c1-2-4-8-5-3-6-9(7-8)10(15)11(12,13)14/h3,5-7H,2,4H2,1H3. The van der Waals surface area contributed by atoms with E-state index < -0.39 is 12.0 Å². The largest absolute Gasteiger partial charge is 0.454 e. The van der Waals surface area contributed by atoms with Crippen molar-refractivity contribution in [1.82, 2.24) is 0 Å². The van der Waals surface area contributed by atoms with Gasteiger partial charge in [-0.1, -0.05) is 31.5 Å². The molecule has 0 atom stereocenters. The van der Waals surface area contributed by atoms with Crippen molar-refractivity contribution in [2.24, 2.45) is 0 Å². The number of carbonyl (C=O) groups is 1. The van der Waals surface area contributed by atoms with Crippen LogP contribution in [0.4, 0.5) is 13.2 Å². The fourth-order valence-electron chi connectivity index (χ4n) is 1.32. The molecule has 0 saturated carbocycles. The molecule has 0 amide bonds. The molecular weight excluding hydrogens is 205 g/mol. The van der Waals surface area contributed by atoms with Gasteiger partial charge in [-0.3, -0.25) is 4.79 Å². The van der Waals surface area contributed by atoms with Crippen molar-refractivity contribution in [3.63, 3.8) is 0 Å². The molecule has 0 aromatic heterocycles. The highest BCUT2D eigenvalue weighted by Gasteiger charge is 2.39. The topological polar surface area (TPSA) is 17.1 Å². The first-order chi connectivity index (χ1) is 6.95. The minimum atomic E-state index is -4.79. The second kappa shape index (κ2) is 4.47. The molecule has 1 aromatic carbocycles. The van der Waals surface area contributed by atoms with Gasteiger partial charge in [0.15, 0.2) is 0 Å². The molecule has 0 saturated heterocycles. The Morgan fingerprint density at radius 1 is 1.33 bits per heavy atom. The minimum Gasteiger partial charge on any atom is -0.284 e. The van der Waals surface area contributed by atoms with Crippen molar-refractivity contribution >= 4 is 5.78 Å². The Hall–Kier alpha value is -1.32. The fraction of sp³-hybridized carbons (Fsp3) is 0.364. The average Bonchev–Trinajstić information content (AvgIpc) is 2.16. The quantitative estimate of drug-likeness (QED) is 0.708. The second-order valence-electron chi connectivity index (χ2n) is 3.28. The molecule has 0 radical (unpaired) electrons. The third kappa shape index (κ3) is 3.08. The van der Waals surface area contributed by atoms with Gasteiger partial charge >= 0.3 is 6.18 Å². The summed E-state index contributed by atoms with van der Waals surface area (Å²) in [6, 6.07) is 5.69. The van der Waals surface area contributed by atoms with Crippen molar-refractivity contribution in [1.29, 1.82) is 0 Å². The number of ketones is 1. The van der Waals surface area contributed by atoms with E-state index >= 15 is 0 Å². The van der Waals surface area contributed by atoms with E-state index in [4.69, 9.17) is 0 Å². The third-order valence-corrected chi connectivity index (χ3v) is 1.99. The number of aryl methyl sites for hydroxylation is 1. The predicted molar refractivity (Wildman–Crippen MR) is 50.8 cm³/mol. The average molecular weight is 216 g/mol. The highest BCUT2D eigenvalue weighted by molar-refractivity contribution is 6.00. The van der Waals surface area contributed by atoms with E-state index in [-0.39, 0.29) is 5.56 Å². The number of Topliss-reactive ketones (excluding diaryl/α,β-unsaturated/α-hetero) is 1. The van der Waals surface area contributed by atoms with Gasteiger partial charge in [0.05, 0.1) is 0 Å². The minimum absolute atomic E-state index is 0.284. The third-order valence-electron chi connectivity index (χ3n) is 1.99. The Labute approximate surface area is 85.9 Å². The van der Waals surface area contributed by atoms with Crippen LogP contribution in [0.25, 0.3) is 0 Å². The molecule has 0 spiro atoms. The lowest BCUT2D eigenvalue weighted by Crippen LogP contribution is -2.22. The van der Waals surface area contributed by atoms with Gasteiger partial charge in [0.1, 0.15) is 0 Å². The van der Waals surface area contributed by atoms with Crippen LogP contribution in [0.2, 0.25) is 0 Å². The summed E-state index contributed by atoms with van der Waals surface area (Å²) < 4.78 is 36.3. The van der Waals surface area contributed by atoms with Crippen LogP contribution in [0.3, 0.4) is 0 Å². The Balaban J connectivity index is 2.95. The zero-order valence-corrected chi connectivity index (χ0v) is 8.27. The molecule has 0 fully saturated rings. The summed E-state index contributed by atoms with van der Waals surface area (Å²) >= 11 is 0. The predicted octanol–water partition coefficient (Wildman–Crippen LogP) is 3.38. The molecule has 0 bridgehead atoms. The molecule has 0 aliphatic rings. The highest BCUT2D eigenvalue weighted by atomic mass is 19.4. The van der Waals surface area contributed by atoms with Crippen LogP contribution in [-0.2, 0) is 6.42 Å². The number of hydrogen-bond acceptors (Lipinski definition) is 1. The molecule has 1 aromatic rings. The van der Waals surface area contributed by atoms with E-state index in [9.17, 15) is 18.0 Å². The molecule has 0 aliphatic carbocycles. The summed E-state index contributed by atoms with van der Waals surface area (Å²) in [5.74, 6) is -1.78. The van der Waals surface area contributed by atoms with E-state index in [2.05, 4.69) is 0 Å². The number of alkyl halides is 3. The first-order valence-corrected chi connectivity index (χ1v) is 4.65. The van der Waals surface area contributed by atoms with E-state index in [1.165, 1.54) is 18.2 Å². The number of hydrogen-bond donors (Lipinski definition) is 0. The highest BCUT2D eigenvalue weighted by Crippen LogP contribution is 2.22. The van der Waals surface area contributed by atoms with E-state index in [1.807, 2.05) is 6.92 Å². The molecule has 4 heteroatoms. The molecule has 0 N–H and O–H groups in total. The molecule has 0 heterocycles. The summed E-state index contributed by atoms with van der Waals surface area (Å²) in [7, 11) is 0. The van der Waals surface area contributed by atoms with Gasteiger partial charge in [-0.2, -0.15) is 13.2 Å². The van der Waals surface area contributed by atoms with Crippen LogP contribution >= 0.6 is 0 Å². The summed E-state index contributed by atoms with van der Waals surface area (Å²) in [6.07, 6.45) is -3.27. The Bertz CT molecular complexity index is 355. The lowest BCUT2D eigenvalue weighted by atomic mass is 10.0. The van der Waals surface area contributed by atoms with Gasteiger partial charge in [-0.05, 0) is 18.1 Å². The lowest BCUT2D eigenvalue weighted by Gasteiger charge is -2.06. The van der Waals surface area contributed by atoms with Crippen LogP contribution in [-0.4, -0.2) is 12.0 Å². The molecule has 0 unspecified atom stereocenters. The Kier molecular flexibility index (Phi) is 3.50. The van der Waals surface area contributed by atoms with Crippen LogP contribution in [0, 0.1) is 0 Å². The SMILES string of the molecule is CCCc1cccc(C(=O)C(F)(F)F)c1. The maximum atomic E-state index is 12.1. The summed E-state index contributed by atoms with van der Waals surface area (Å²) in [5, 5.41) is 0. The van der Waals surface area contributed by atoms with Crippen LogP contribution in [0.5, 0.6) is 0 Å². The number of halogens is 3. The van der Waals surface area contributed by atoms with Crippen LogP contribution in [0.15, 0.2) is 24.3 Å². The molecule has 82 valence electrons. The van der Waals surface area contributed by atoms with Gasteiger partial charge in [-0.15, -0.1) is 0 Å². The van der Waals surface area contributed by atoms with Gasteiger partial charge in [0, 0.05) is 5.56 Å². The molecule has 1 rings (SSSR count). The zero-order valence-electron chi connectivity index (χ0n) is 8.27. The molecular formula is C11H11F3O. The lowest BCUT2D eigenvalue weighted by molar-refractivity contribution is -0.0885. The Morgan fingerprint density at radius 3 is 2.53 bits per heavy atom. The van der Waals surface area contributed by atoms with Crippen molar-refractivity contribution in [3.8, 4) is 0 Å². The monoisotopic (exact) mass is 216 g/mol. The van der Waals surface area contributed by atoms with E-state index in [1.54, 1.807) is 6.07 Å². The fourth-order valence-corrected chi connectivity index (χ4v) is 1.32. The molecule has 0 aliphatic heterocycles. The van der Waals surface area contributed by atoms with Crippen molar-refractivity contribution in [2.75, 3.05) is 0 Å². The summed E-state index contributed by atoms with van der Waals surface area (Å²) in [5.41, 5.74) is 0.473. The number of rotatable bonds is 3. The Morgan fingerprint density at radius 2 is 2.00 bits per heavy atom. The van der Waals surface area contributed by atoms with Gasteiger partial charge < -0.3 is 0 Å². The van der Waals surface area contributed by atoms with Gasteiger partial charge in [0.2, 0.25) is 0 Å². The number of carbonyl (C=O) groups excluding carboxylic acids is 1. The van der Waals surface area contributed by atoms with E-state index in [0.29, 0.717) is 6.42 Å². The zero-order chi connectivity index (χ0) is 11.5. The maximum Gasteiger partial charge on any atom is 0.454 e. The normalized spacial score (nSPS) is 11.5.